The molecule has 1 amide bonds. The van der Waals surface area contributed by atoms with Gasteiger partial charge in [0.1, 0.15) is 5.75 Å². The van der Waals surface area contributed by atoms with Crippen LogP contribution in [-0.4, -0.2) is 12.5 Å². The van der Waals surface area contributed by atoms with Crippen LogP contribution >= 0.6 is 11.3 Å². The molecule has 0 unspecified atom stereocenters. The van der Waals surface area contributed by atoms with Crippen molar-refractivity contribution in [1.82, 2.24) is 5.32 Å². The molecule has 0 fully saturated rings. The largest absolute Gasteiger partial charge is 0.493 e. The average Bonchev–Trinajstić information content (AvgIpc) is 2.99. The second-order valence-electron chi connectivity index (χ2n) is 5.35. The normalized spacial score (nSPS) is 16.8. The van der Waals surface area contributed by atoms with Gasteiger partial charge in [-0.25, -0.2) is 0 Å². The van der Waals surface area contributed by atoms with Gasteiger partial charge >= 0.3 is 0 Å². The van der Waals surface area contributed by atoms with E-state index < -0.39 is 0 Å². The molecule has 0 radical (unpaired) electrons. The highest BCUT2D eigenvalue weighted by molar-refractivity contribution is 7.20. The summed E-state index contributed by atoms with van der Waals surface area (Å²) in [6.45, 7) is 0.633. The third-order valence-electron chi connectivity index (χ3n) is 3.91. The van der Waals surface area contributed by atoms with E-state index in [2.05, 4.69) is 5.32 Å². The minimum Gasteiger partial charge on any atom is -0.493 e. The van der Waals surface area contributed by atoms with Gasteiger partial charge in [-0.15, -0.1) is 11.3 Å². The van der Waals surface area contributed by atoms with E-state index in [0.29, 0.717) is 6.61 Å². The van der Waals surface area contributed by atoms with Gasteiger partial charge in [-0.3, -0.25) is 4.79 Å². The van der Waals surface area contributed by atoms with Gasteiger partial charge in [0.2, 0.25) is 0 Å². The van der Waals surface area contributed by atoms with Crippen molar-refractivity contribution in [3.63, 3.8) is 0 Å². The summed E-state index contributed by atoms with van der Waals surface area (Å²) in [6, 6.07) is 17.9. The molecular weight excluding hydrogens is 294 g/mol. The lowest BCUT2D eigenvalue weighted by Crippen LogP contribution is -2.31. The van der Waals surface area contributed by atoms with Crippen LogP contribution in [0.15, 0.2) is 54.6 Å². The predicted octanol–water partition coefficient (Wildman–Crippen LogP) is 4.15. The second-order valence-corrected chi connectivity index (χ2v) is 6.43. The maximum atomic E-state index is 12.6. The number of nitrogens with one attached hydrogen (secondary N) is 1. The van der Waals surface area contributed by atoms with E-state index >= 15 is 0 Å². The maximum Gasteiger partial charge on any atom is 0.261 e. The Kier molecular flexibility index (Phi) is 3.31. The van der Waals surface area contributed by atoms with Crippen LogP contribution in [0.4, 0.5) is 0 Å². The molecule has 0 aliphatic carbocycles. The molecule has 22 heavy (non-hydrogen) atoms. The molecule has 4 heteroatoms. The van der Waals surface area contributed by atoms with Gasteiger partial charge in [-0.2, -0.15) is 0 Å². The molecule has 0 bridgehead atoms. The van der Waals surface area contributed by atoms with Gasteiger partial charge < -0.3 is 10.1 Å². The summed E-state index contributed by atoms with van der Waals surface area (Å²) < 4.78 is 6.78. The molecule has 1 N–H and O–H groups in total. The summed E-state index contributed by atoms with van der Waals surface area (Å²) >= 11 is 1.53. The van der Waals surface area contributed by atoms with Crippen molar-refractivity contribution in [2.24, 2.45) is 0 Å². The molecule has 110 valence electrons. The van der Waals surface area contributed by atoms with Crippen LogP contribution in [0.25, 0.3) is 10.1 Å². The van der Waals surface area contributed by atoms with Gasteiger partial charge in [0.05, 0.1) is 17.5 Å². The van der Waals surface area contributed by atoms with E-state index in [9.17, 15) is 4.79 Å². The molecule has 4 rings (SSSR count). The van der Waals surface area contributed by atoms with Crippen molar-refractivity contribution in [2.75, 3.05) is 6.61 Å². The zero-order valence-electron chi connectivity index (χ0n) is 11.9. The molecular formula is C18H15NO2S. The summed E-state index contributed by atoms with van der Waals surface area (Å²) in [4.78, 5) is 13.3. The Morgan fingerprint density at radius 3 is 2.86 bits per heavy atom. The topological polar surface area (TPSA) is 38.3 Å². The first-order valence-electron chi connectivity index (χ1n) is 7.32. The first-order chi connectivity index (χ1) is 10.8. The van der Waals surface area contributed by atoms with Crippen LogP contribution in [-0.2, 0) is 0 Å². The van der Waals surface area contributed by atoms with Crippen LogP contribution in [0.5, 0.6) is 5.75 Å². The Morgan fingerprint density at radius 1 is 1.14 bits per heavy atom. The van der Waals surface area contributed by atoms with Crippen LogP contribution in [0.3, 0.4) is 0 Å². The Balaban J connectivity index is 1.60. The lowest BCUT2D eigenvalue weighted by Gasteiger charge is -2.26. The van der Waals surface area contributed by atoms with E-state index in [1.54, 1.807) is 0 Å². The molecule has 0 spiro atoms. The molecule has 1 aliphatic heterocycles. The molecule has 3 aromatic rings. The second kappa shape index (κ2) is 5.46. The highest BCUT2D eigenvalue weighted by Crippen LogP contribution is 2.32. The monoisotopic (exact) mass is 309 g/mol. The van der Waals surface area contributed by atoms with E-state index in [-0.39, 0.29) is 11.9 Å². The Bertz CT molecular complexity index is 807. The SMILES string of the molecule is O=C(N[C@H]1CCOc2ccccc21)c1cc2ccccc2s1. The molecule has 2 heterocycles. The van der Waals surface area contributed by atoms with Crippen LogP contribution in [0.2, 0.25) is 0 Å². The van der Waals surface area contributed by atoms with Crippen LogP contribution in [0.1, 0.15) is 27.7 Å². The Morgan fingerprint density at radius 2 is 1.95 bits per heavy atom. The minimum absolute atomic E-state index is 0.0112. The van der Waals surface area contributed by atoms with Gasteiger partial charge in [-0.1, -0.05) is 36.4 Å². The minimum atomic E-state index is -0.0112. The van der Waals surface area contributed by atoms with Gasteiger partial charge in [0.25, 0.3) is 5.91 Å². The standard InChI is InChI=1S/C18H15NO2S/c20-18(17-11-12-5-1-4-8-16(12)22-17)19-14-9-10-21-15-7-3-2-6-13(14)15/h1-8,11,14H,9-10H2,(H,19,20)/t14-/m0/s1. The lowest BCUT2D eigenvalue weighted by atomic mass is 10.0. The zero-order chi connectivity index (χ0) is 14.9. The molecule has 2 aromatic carbocycles. The van der Waals surface area contributed by atoms with Gasteiger partial charge in [-0.05, 0) is 23.6 Å². The van der Waals surface area contributed by atoms with E-state index in [4.69, 9.17) is 4.74 Å². The number of rotatable bonds is 2. The number of thiophene rings is 1. The number of fused-ring (bicyclic) bond motifs is 2. The summed E-state index contributed by atoms with van der Waals surface area (Å²) in [7, 11) is 0. The number of benzene rings is 2. The quantitative estimate of drug-likeness (QED) is 0.772. The fourth-order valence-electron chi connectivity index (χ4n) is 2.82. The number of amides is 1. The predicted molar refractivity (Wildman–Crippen MR) is 88.6 cm³/mol. The zero-order valence-corrected chi connectivity index (χ0v) is 12.7. The summed E-state index contributed by atoms with van der Waals surface area (Å²) in [6.07, 6.45) is 0.799. The number of hydrogen-bond donors (Lipinski definition) is 1. The van der Waals surface area contributed by atoms with Gasteiger partial charge in [0.15, 0.2) is 0 Å². The van der Waals surface area contributed by atoms with Gasteiger partial charge in [0, 0.05) is 16.7 Å². The number of hydrogen-bond acceptors (Lipinski definition) is 3. The van der Waals surface area contributed by atoms with Crippen LogP contribution < -0.4 is 10.1 Å². The summed E-state index contributed by atoms with van der Waals surface area (Å²) in [5.74, 6) is 0.860. The van der Waals surface area contributed by atoms with E-state index in [1.165, 1.54) is 11.3 Å². The van der Waals surface area contributed by atoms with Crippen molar-refractivity contribution < 1.29 is 9.53 Å². The van der Waals surface area contributed by atoms with Crippen molar-refractivity contribution in [3.8, 4) is 5.75 Å². The molecule has 1 atom stereocenters. The highest BCUT2D eigenvalue weighted by atomic mass is 32.1. The van der Waals surface area contributed by atoms with E-state index in [0.717, 1.165) is 32.7 Å². The fourth-order valence-corrected chi connectivity index (χ4v) is 3.78. The first kappa shape index (κ1) is 13.3. The average molecular weight is 309 g/mol. The molecule has 0 saturated heterocycles. The smallest absolute Gasteiger partial charge is 0.261 e. The molecule has 1 aliphatic rings. The third-order valence-corrected chi connectivity index (χ3v) is 5.03. The van der Waals surface area contributed by atoms with Crippen molar-refractivity contribution in [3.05, 3.63) is 65.0 Å². The first-order valence-corrected chi connectivity index (χ1v) is 8.14. The highest BCUT2D eigenvalue weighted by Gasteiger charge is 2.23. The lowest BCUT2D eigenvalue weighted by molar-refractivity contribution is 0.0929. The van der Waals surface area contributed by atoms with Crippen molar-refractivity contribution in [1.29, 1.82) is 0 Å². The number of carbonyl (C=O) groups excluding carboxylic acids is 1. The molecule has 3 nitrogen and oxygen atoms in total. The maximum absolute atomic E-state index is 12.6. The molecule has 1 aromatic heterocycles. The van der Waals surface area contributed by atoms with Crippen molar-refractivity contribution in [2.45, 2.75) is 12.5 Å². The molecule has 0 saturated carbocycles. The Labute approximate surface area is 132 Å². The number of carbonyl (C=O) groups is 1. The third kappa shape index (κ3) is 2.35. The van der Waals surface area contributed by atoms with Crippen LogP contribution in [0, 0.1) is 0 Å². The Hall–Kier alpha value is -2.33. The number of para-hydroxylation sites is 1. The van der Waals surface area contributed by atoms with Crippen molar-refractivity contribution >= 4 is 27.3 Å². The summed E-state index contributed by atoms with van der Waals surface area (Å²) in [5.41, 5.74) is 1.06. The fraction of sp³-hybridized carbons (Fsp3) is 0.167. The number of ether oxygens (including phenoxy) is 1. The van der Waals surface area contributed by atoms with E-state index in [1.807, 2.05) is 54.6 Å². The summed E-state index contributed by atoms with van der Waals surface area (Å²) in [5, 5.41) is 4.26.